The second-order valence-corrected chi connectivity index (χ2v) is 13.9. The average molecular weight is 782 g/mol. The molecule has 1 saturated heterocycles. The lowest BCUT2D eigenvalue weighted by Crippen LogP contribution is -2.78. The number of aliphatic hydroxyl groups excluding tert-OH is 2. The Bertz CT molecular complexity index is 2320. The molecule has 0 radical (unpaired) electrons. The van der Waals surface area contributed by atoms with E-state index in [0.29, 0.717) is 35.7 Å². The van der Waals surface area contributed by atoms with E-state index in [2.05, 4.69) is 15.0 Å². The molecule has 5 aliphatic rings. The Balaban J connectivity index is 1.11. The van der Waals surface area contributed by atoms with Crippen LogP contribution in [-0.4, -0.2) is 108 Å². The SMILES string of the molecule is [NH2+]=C1C=CC(CCOc2ccc(C3C=C(O)c4c(cc(OC5OC(C(=O)O)C6(O)C(C7=NC=NC7)C=CC5(O)C6O)c(OCc5cccc(O)c5)c4O)O3)cc2)=N1. The highest BCUT2D eigenvalue weighted by atomic mass is 16.7. The van der Waals surface area contributed by atoms with E-state index < -0.39 is 59.2 Å². The van der Waals surface area contributed by atoms with E-state index in [4.69, 9.17) is 29.1 Å². The van der Waals surface area contributed by atoms with Crippen LogP contribution in [0.1, 0.15) is 29.2 Å². The van der Waals surface area contributed by atoms with Crippen molar-refractivity contribution in [3.8, 4) is 34.5 Å². The number of carbonyl (C=O) groups is 1. The van der Waals surface area contributed by atoms with Gasteiger partial charge < -0.3 is 59.4 Å². The summed E-state index contributed by atoms with van der Waals surface area (Å²) in [5.41, 5.74) is -3.25. The van der Waals surface area contributed by atoms with Crippen molar-refractivity contribution in [1.82, 2.24) is 0 Å². The number of phenolic OH excluding ortho intramolecular Hbond substituents is 2. The molecule has 294 valence electrons. The fourth-order valence-corrected chi connectivity index (χ4v) is 7.36. The largest absolute Gasteiger partial charge is 0.508 e. The maximum Gasteiger partial charge on any atom is 0.336 e. The lowest BCUT2D eigenvalue weighted by molar-refractivity contribution is -0.337. The van der Waals surface area contributed by atoms with Crippen LogP contribution in [0.3, 0.4) is 0 Å². The number of rotatable bonds is 12. The molecule has 1 aliphatic carbocycles. The minimum Gasteiger partial charge on any atom is -0.508 e. The second kappa shape index (κ2) is 14.5. The van der Waals surface area contributed by atoms with E-state index in [0.717, 1.165) is 11.8 Å². The molecule has 57 heavy (non-hydrogen) atoms. The van der Waals surface area contributed by atoms with Crippen molar-refractivity contribution in [3.05, 3.63) is 102 Å². The standard InChI is InChI=1S/C40H36N4O13/c41-31-9-6-22(44-31)11-13-53-24-7-4-21(5-8-24)28-15-27(46)32-29(55-28)16-30(34(33(32)47)54-18-20-2-1-3-23(45)14-20)56-38-39(51)12-10-25(26-17-42-19-43-26)40(52,37(39)50)35(57-38)36(48)49/h1-10,12,14-16,19,25,28,35,37-38,41,45-47,50-52H,11,13,17-18H2,(H,48,49)/p+1. The normalized spacial score (nSPS) is 28.2. The number of nitrogens with zero attached hydrogens (tertiary/aromatic N) is 3. The van der Waals surface area contributed by atoms with Crippen LogP contribution in [0.25, 0.3) is 5.76 Å². The number of aliphatic imine (C=N–C) groups is 3. The van der Waals surface area contributed by atoms with Gasteiger partial charge in [0.15, 0.2) is 28.9 Å². The first-order chi connectivity index (χ1) is 27.3. The Morgan fingerprint density at radius 3 is 2.54 bits per heavy atom. The summed E-state index contributed by atoms with van der Waals surface area (Å²) in [5.74, 6) is -3.84. The van der Waals surface area contributed by atoms with Gasteiger partial charge in [0, 0.05) is 24.6 Å². The molecule has 4 heterocycles. The van der Waals surface area contributed by atoms with Gasteiger partial charge in [-0.1, -0.05) is 30.3 Å². The summed E-state index contributed by atoms with van der Waals surface area (Å²) in [4.78, 5) is 24.9. The molecule has 17 heteroatoms. The molecule has 9 N–H and O–H groups in total. The minimum atomic E-state index is -2.61. The molecule has 8 rings (SSSR count). The molecular weight excluding hydrogens is 744 g/mol. The Hall–Kier alpha value is -6.53. The van der Waals surface area contributed by atoms with E-state index in [1.165, 1.54) is 36.7 Å². The topological polar surface area (TPSA) is 268 Å². The van der Waals surface area contributed by atoms with Gasteiger partial charge in [-0.05, 0) is 52.5 Å². The van der Waals surface area contributed by atoms with Crippen LogP contribution in [-0.2, 0) is 16.1 Å². The van der Waals surface area contributed by atoms with Gasteiger partial charge in [-0.15, -0.1) is 0 Å². The van der Waals surface area contributed by atoms with E-state index in [-0.39, 0.29) is 47.4 Å². The number of hydrogen-bond donors (Lipinski definition) is 8. The fraction of sp³-hybridized carbons (Fsp3) is 0.275. The summed E-state index contributed by atoms with van der Waals surface area (Å²) in [7, 11) is 0. The smallest absolute Gasteiger partial charge is 0.336 e. The third-order valence-electron chi connectivity index (χ3n) is 10.2. The summed E-state index contributed by atoms with van der Waals surface area (Å²) < 4.78 is 29.9. The van der Waals surface area contributed by atoms with E-state index >= 15 is 0 Å². The zero-order chi connectivity index (χ0) is 40.1. The molecule has 2 bridgehead atoms. The van der Waals surface area contributed by atoms with Crippen molar-refractivity contribution in [2.75, 3.05) is 13.2 Å². The number of allylic oxidation sites excluding steroid dienone is 1. The van der Waals surface area contributed by atoms with Gasteiger partial charge in [0.2, 0.25) is 12.0 Å². The maximum atomic E-state index is 12.6. The molecule has 7 unspecified atom stereocenters. The number of nitrogens with two attached hydrogens (primary N) is 1. The lowest BCUT2D eigenvalue weighted by Gasteiger charge is -2.55. The quantitative estimate of drug-likeness (QED) is 0.121. The third-order valence-corrected chi connectivity index (χ3v) is 10.2. The predicted molar refractivity (Wildman–Crippen MR) is 201 cm³/mol. The van der Waals surface area contributed by atoms with Gasteiger partial charge in [-0.25, -0.2) is 9.79 Å². The number of benzene rings is 3. The van der Waals surface area contributed by atoms with Crippen molar-refractivity contribution in [3.63, 3.8) is 0 Å². The average Bonchev–Trinajstić information content (AvgIpc) is 3.86. The molecule has 0 aromatic heterocycles. The Morgan fingerprint density at radius 1 is 1.04 bits per heavy atom. The summed E-state index contributed by atoms with van der Waals surface area (Å²) in [6.45, 7) is 0.122. The fourth-order valence-electron chi connectivity index (χ4n) is 7.36. The number of amidine groups is 1. The highest BCUT2D eigenvalue weighted by molar-refractivity contribution is 6.13. The summed E-state index contributed by atoms with van der Waals surface area (Å²) in [6.07, 6.45) is 1.83. The van der Waals surface area contributed by atoms with E-state index in [1.54, 1.807) is 42.5 Å². The number of hydrogen-bond acceptors (Lipinski definition) is 14. The molecule has 0 saturated carbocycles. The number of aliphatic carboxylic acids is 1. The van der Waals surface area contributed by atoms with E-state index in [9.17, 15) is 40.5 Å². The van der Waals surface area contributed by atoms with Crippen molar-refractivity contribution in [2.45, 2.75) is 48.8 Å². The summed E-state index contributed by atoms with van der Waals surface area (Å²) in [6, 6.07) is 14.2. The number of aliphatic hydroxyl groups is 4. The molecule has 0 amide bonds. The molecule has 0 spiro atoms. The number of carboxylic acid groups (broad SMARTS) is 1. The number of aromatic hydroxyl groups is 2. The van der Waals surface area contributed by atoms with Gasteiger partial charge in [0.25, 0.3) is 0 Å². The molecular formula is C40H37N4O13+. The predicted octanol–water partition coefficient (Wildman–Crippen LogP) is 1.33. The van der Waals surface area contributed by atoms with Crippen LogP contribution in [0.2, 0.25) is 0 Å². The van der Waals surface area contributed by atoms with Gasteiger partial charge in [-0.2, -0.15) is 0 Å². The first-order valence-corrected chi connectivity index (χ1v) is 17.8. The van der Waals surface area contributed by atoms with Crippen LogP contribution in [0, 0.1) is 5.92 Å². The van der Waals surface area contributed by atoms with Crippen LogP contribution in [0.5, 0.6) is 34.5 Å². The van der Waals surface area contributed by atoms with Crippen molar-refractivity contribution < 1.29 is 69.6 Å². The molecule has 17 nitrogen and oxygen atoms in total. The number of carboxylic acids is 1. The van der Waals surface area contributed by atoms with Crippen molar-refractivity contribution >= 4 is 35.3 Å². The lowest BCUT2D eigenvalue weighted by atomic mass is 9.64. The third kappa shape index (κ3) is 6.75. The monoisotopic (exact) mass is 781 g/mol. The van der Waals surface area contributed by atoms with Crippen molar-refractivity contribution in [1.29, 1.82) is 0 Å². The van der Waals surface area contributed by atoms with Crippen LogP contribution in [0.4, 0.5) is 0 Å². The van der Waals surface area contributed by atoms with E-state index in [1.807, 2.05) is 6.08 Å². The molecule has 1 fully saturated rings. The molecule has 7 atom stereocenters. The van der Waals surface area contributed by atoms with Gasteiger partial charge in [0.1, 0.15) is 59.3 Å². The van der Waals surface area contributed by atoms with Crippen LogP contribution >= 0.6 is 0 Å². The number of phenols is 2. The zero-order valence-corrected chi connectivity index (χ0v) is 29.9. The second-order valence-electron chi connectivity index (χ2n) is 13.9. The first kappa shape index (κ1) is 37.4. The molecule has 3 aromatic carbocycles. The number of fused-ring (bicyclic) bond motifs is 3. The maximum absolute atomic E-state index is 12.6. The highest BCUT2D eigenvalue weighted by Gasteiger charge is 2.69. The molecule has 3 aromatic rings. The Kier molecular flexibility index (Phi) is 9.53. The highest BCUT2D eigenvalue weighted by Crippen LogP contribution is 2.53. The Labute approximate surface area is 323 Å². The summed E-state index contributed by atoms with van der Waals surface area (Å²) >= 11 is 0. The first-order valence-electron chi connectivity index (χ1n) is 17.8. The zero-order valence-electron chi connectivity index (χ0n) is 29.9. The Morgan fingerprint density at radius 2 is 1.84 bits per heavy atom. The van der Waals surface area contributed by atoms with Gasteiger partial charge >= 0.3 is 11.8 Å². The van der Waals surface area contributed by atoms with Gasteiger partial charge in [-0.3, -0.25) is 10.4 Å². The summed E-state index contributed by atoms with van der Waals surface area (Å²) in [5, 5.41) is 84.1. The minimum absolute atomic E-state index is 0.0209. The molecule has 4 aliphatic heterocycles. The van der Waals surface area contributed by atoms with Crippen LogP contribution in [0.15, 0.2) is 100.0 Å². The number of ether oxygens (including phenoxy) is 5. The van der Waals surface area contributed by atoms with Gasteiger partial charge in [0.05, 0.1) is 24.8 Å². The van der Waals surface area contributed by atoms with Crippen LogP contribution < -0.4 is 24.4 Å². The van der Waals surface area contributed by atoms with Crippen molar-refractivity contribution in [2.24, 2.45) is 20.9 Å².